The maximum atomic E-state index is 10.3. The van der Waals surface area contributed by atoms with Crippen molar-refractivity contribution in [3.63, 3.8) is 0 Å². The van der Waals surface area contributed by atoms with Gasteiger partial charge in [-0.25, -0.2) is 0 Å². The lowest BCUT2D eigenvalue weighted by molar-refractivity contribution is 0.00432. The van der Waals surface area contributed by atoms with Gasteiger partial charge in [0.1, 0.15) is 12.7 Å². The number of rotatable bonds is 8. The third-order valence-corrected chi connectivity index (χ3v) is 4.87. The van der Waals surface area contributed by atoms with E-state index in [1.807, 2.05) is 12.1 Å². The molecule has 2 saturated heterocycles. The third kappa shape index (κ3) is 5.31. The number of β-amino-alcohol motifs (C(OH)–C–C–N with tert-alkyl or cyclic N) is 1. The molecule has 1 aromatic carbocycles. The van der Waals surface area contributed by atoms with E-state index in [0.717, 1.165) is 63.0 Å². The molecule has 2 heterocycles. The normalized spacial score (nSPS) is 20.6. The smallest absolute Gasteiger partial charge is 0.165 e. The number of aliphatic hydroxyl groups is 1. The van der Waals surface area contributed by atoms with Crippen LogP contribution in [0.2, 0.25) is 0 Å². The summed E-state index contributed by atoms with van der Waals surface area (Å²) in [7, 11) is 1.66. The Kier molecular flexibility index (Phi) is 6.93. The number of hydrogen-bond acceptors (Lipinski definition) is 6. The van der Waals surface area contributed by atoms with Crippen molar-refractivity contribution < 1.29 is 19.3 Å². The highest BCUT2D eigenvalue weighted by Crippen LogP contribution is 2.32. The minimum absolute atomic E-state index is 0.269. The molecule has 0 aromatic heterocycles. The average molecular weight is 350 g/mol. The van der Waals surface area contributed by atoms with Crippen LogP contribution in [-0.2, 0) is 11.3 Å². The maximum Gasteiger partial charge on any atom is 0.165 e. The van der Waals surface area contributed by atoms with Crippen LogP contribution in [0.4, 0.5) is 0 Å². The van der Waals surface area contributed by atoms with Crippen LogP contribution in [0.1, 0.15) is 18.4 Å². The van der Waals surface area contributed by atoms with E-state index < -0.39 is 6.10 Å². The highest BCUT2D eigenvalue weighted by atomic mass is 16.5. The van der Waals surface area contributed by atoms with Gasteiger partial charge in [-0.1, -0.05) is 12.1 Å². The van der Waals surface area contributed by atoms with Gasteiger partial charge in [0.15, 0.2) is 11.5 Å². The summed E-state index contributed by atoms with van der Waals surface area (Å²) in [5.41, 5.74) is 1.12. The topological polar surface area (TPSA) is 54.4 Å². The predicted molar refractivity (Wildman–Crippen MR) is 96.3 cm³/mol. The SMILES string of the molecule is COc1cccc(CN2CCCC2)c1OCC(O)CN1CCOCC1. The molecule has 2 aliphatic rings. The summed E-state index contributed by atoms with van der Waals surface area (Å²) in [6.07, 6.45) is 2.00. The van der Waals surface area contributed by atoms with Gasteiger partial charge in [0.05, 0.1) is 20.3 Å². The van der Waals surface area contributed by atoms with E-state index in [2.05, 4.69) is 15.9 Å². The van der Waals surface area contributed by atoms with Gasteiger partial charge in [-0.2, -0.15) is 0 Å². The van der Waals surface area contributed by atoms with Crippen molar-refractivity contribution in [1.82, 2.24) is 9.80 Å². The van der Waals surface area contributed by atoms with Crippen molar-refractivity contribution in [3.05, 3.63) is 23.8 Å². The van der Waals surface area contributed by atoms with Gasteiger partial charge >= 0.3 is 0 Å². The van der Waals surface area contributed by atoms with Crippen molar-refractivity contribution in [2.75, 3.05) is 59.7 Å². The molecule has 0 saturated carbocycles. The van der Waals surface area contributed by atoms with Crippen LogP contribution in [0.25, 0.3) is 0 Å². The van der Waals surface area contributed by atoms with E-state index in [4.69, 9.17) is 14.2 Å². The second kappa shape index (κ2) is 9.38. The first kappa shape index (κ1) is 18.5. The number of benzene rings is 1. The molecular weight excluding hydrogens is 320 g/mol. The van der Waals surface area contributed by atoms with Crippen LogP contribution in [0.5, 0.6) is 11.5 Å². The standard InChI is InChI=1S/C19H30N2O4/c1-23-18-6-4-5-16(13-20-7-2-3-8-20)19(18)25-15-17(22)14-21-9-11-24-12-10-21/h4-6,17,22H,2-3,7-15H2,1H3. The molecule has 0 amide bonds. The van der Waals surface area contributed by atoms with Crippen LogP contribution >= 0.6 is 0 Å². The Labute approximate surface area is 150 Å². The van der Waals surface area contributed by atoms with Gasteiger partial charge in [-0.05, 0) is 32.0 Å². The summed E-state index contributed by atoms with van der Waals surface area (Å²) in [5.74, 6) is 1.49. The number of ether oxygens (including phenoxy) is 3. The molecular formula is C19H30N2O4. The van der Waals surface area contributed by atoms with Crippen LogP contribution < -0.4 is 9.47 Å². The number of morpholine rings is 1. The monoisotopic (exact) mass is 350 g/mol. The Bertz CT molecular complexity index is 528. The summed E-state index contributed by atoms with van der Waals surface area (Å²) in [6, 6.07) is 6.00. The minimum atomic E-state index is -0.525. The molecule has 1 atom stereocenters. The molecule has 2 aliphatic heterocycles. The van der Waals surface area contributed by atoms with Gasteiger partial charge in [0, 0.05) is 31.7 Å². The second-order valence-electron chi connectivity index (χ2n) is 6.81. The van der Waals surface area contributed by atoms with E-state index in [1.54, 1.807) is 7.11 Å². The zero-order valence-electron chi connectivity index (χ0n) is 15.2. The Morgan fingerprint density at radius 1 is 1.12 bits per heavy atom. The zero-order chi connectivity index (χ0) is 17.5. The van der Waals surface area contributed by atoms with E-state index >= 15 is 0 Å². The Balaban J connectivity index is 1.59. The summed E-state index contributed by atoms with van der Waals surface area (Å²) in [5, 5.41) is 10.3. The van der Waals surface area contributed by atoms with Crippen LogP contribution in [0, 0.1) is 0 Å². The van der Waals surface area contributed by atoms with Gasteiger partial charge in [-0.15, -0.1) is 0 Å². The molecule has 1 N–H and O–H groups in total. The summed E-state index contributed by atoms with van der Waals surface area (Å²) >= 11 is 0. The van der Waals surface area contributed by atoms with Gasteiger partial charge in [-0.3, -0.25) is 9.80 Å². The maximum absolute atomic E-state index is 10.3. The predicted octanol–water partition coefficient (Wildman–Crippen LogP) is 1.36. The molecule has 0 radical (unpaired) electrons. The lowest BCUT2D eigenvalue weighted by Crippen LogP contribution is -2.42. The van der Waals surface area contributed by atoms with E-state index in [1.165, 1.54) is 12.8 Å². The fraction of sp³-hybridized carbons (Fsp3) is 0.684. The van der Waals surface area contributed by atoms with Crippen molar-refractivity contribution in [2.45, 2.75) is 25.5 Å². The summed E-state index contributed by atoms with van der Waals surface area (Å²) in [6.45, 7) is 7.22. The van der Waals surface area contributed by atoms with E-state index in [-0.39, 0.29) is 6.61 Å². The first-order valence-corrected chi connectivity index (χ1v) is 9.25. The number of hydrogen-bond donors (Lipinski definition) is 1. The molecule has 0 bridgehead atoms. The van der Waals surface area contributed by atoms with E-state index in [9.17, 15) is 5.11 Å². The summed E-state index contributed by atoms with van der Waals surface area (Å²) < 4.78 is 16.8. The van der Waals surface area contributed by atoms with Gasteiger partial charge in [0.25, 0.3) is 0 Å². The first-order valence-electron chi connectivity index (χ1n) is 9.25. The lowest BCUT2D eigenvalue weighted by Gasteiger charge is -2.28. The quantitative estimate of drug-likeness (QED) is 0.764. The molecule has 0 spiro atoms. The number of para-hydroxylation sites is 1. The molecule has 1 unspecified atom stereocenters. The Hall–Kier alpha value is -1.34. The van der Waals surface area contributed by atoms with E-state index in [0.29, 0.717) is 6.54 Å². The largest absolute Gasteiger partial charge is 0.493 e. The zero-order valence-corrected chi connectivity index (χ0v) is 15.2. The molecule has 140 valence electrons. The van der Waals surface area contributed by atoms with Gasteiger partial charge in [0.2, 0.25) is 0 Å². The third-order valence-electron chi connectivity index (χ3n) is 4.87. The number of likely N-dealkylation sites (tertiary alicyclic amines) is 1. The molecule has 3 rings (SSSR count). The fourth-order valence-electron chi connectivity index (χ4n) is 3.51. The van der Waals surface area contributed by atoms with Crippen molar-refractivity contribution in [3.8, 4) is 11.5 Å². The fourth-order valence-corrected chi connectivity index (χ4v) is 3.51. The highest BCUT2D eigenvalue weighted by Gasteiger charge is 2.19. The summed E-state index contributed by atoms with van der Waals surface area (Å²) in [4.78, 5) is 4.65. The van der Waals surface area contributed by atoms with Gasteiger partial charge < -0.3 is 19.3 Å². The van der Waals surface area contributed by atoms with Crippen LogP contribution in [-0.4, -0.2) is 80.7 Å². The molecule has 25 heavy (non-hydrogen) atoms. The molecule has 6 heteroatoms. The molecule has 0 aliphatic carbocycles. The minimum Gasteiger partial charge on any atom is -0.493 e. The number of nitrogens with zero attached hydrogens (tertiary/aromatic N) is 2. The highest BCUT2D eigenvalue weighted by molar-refractivity contribution is 5.46. The molecule has 2 fully saturated rings. The lowest BCUT2D eigenvalue weighted by atomic mass is 10.1. The average Bonchev–Trinajstić information content (AvgIpc) is 3.14. The number of aliphatic hydroxyl groups excluding tert-OH is 1. The van der Waals surface area contributed by atoms with Crippen LogP contribution in [0.15, 0.2) is 18.2 Å². The molecule has 6 nitrogen and oxygen atoms in total. The first-order chi connectivity index (χ1) is 12.3. The van der Waals surface area contributed by atoms with Crippen LogP contribution in [0.3, 0.4) is 0 Å². The number of methoxy groups -OCH3 is 1. The Morgan fingerprint density at radius 3 is 2.60 bits per heavy atom. The molecule has 1 aromatic rings. The van der Waals surface area contributed by atoms with Crippen molar-refractivity contribution in [1.29, 1.82) is 0 Å². The Morgan fingerprint density at radius 2 is 1.88 bits per heavy atom. The van der Waals surface area contributed by atoms with Crippen molar-refractivity contribution >= 4 is 0 Å². The van der Waals surface area contributed by atoms with Crippen molar-refractivity contribution in [2.24, 2.45) is 0 Å². The second-order valence-corrected chi connectivity index (χ2v) is 6.81.